The number of amides is 1. The van der Waals surface area contributed by atoms with Gasteiger partial charge in [0.05, 0.1) is 17.9 Å². The average Bonchev–Trinajstić information content (AvgIpc) is 2.84. The third kappa shape index (κ3) is 5.36. The Morgan fingerprint density at radius 3 is 2.47 bits per heavy atom. The zero-order chi connectivity index (χ0) is 24.5. The highest BCUT2D eigenvalue weighted by Gasteiger charge is 2.49. The molecule has 1 saturated heterocycles. The molecule has 1 fully saturated rings. The quantitative estimate of drug-likeness (QED) is 0.253. The average molecular weight is 490 g/mol. The summed E-state index contributed by atoms with van der Waals surface area (Å²) in [7, 11) is -0.477. The van der Waals surface area contributed by atoms with Crippen LogP contribution in [0.4, 0.5) is 24.5 Å². The van der Waals surface area contributed by atoms with Gasteiger partial charge in [0.1, 0.15) is 11.9 Å². The standard InChI is InChI=1S/C19H22F3N5O3S2/c1-18(2)16(28)27(13-7-8-15(23-3)14(11-13)19(20,21)22)17(31)26(18)9-6-10-32(29,30)24-12-25(4)5/h7-8,11-12H,6,9-10H2,1-2,4-5H3. The molecule has 2 rings (SSSR count). The second-order valence-corrected chi connectivity index (χ2v) is 9.92. The second-order valence-electron chi connectivity index (χ2n) is 7.77. The maximum absolute atomic E-state index is 13.4. The summed E-state index contributed by atoms with van der Waals surface area (Å²) < 4.78 is 67.6. The van der Waals surface area contributed by atoms with E-state index in [1.54, 1.807) is 27.9 Å². The maximum atomic E-state index is 13.4. The Hall–Kier alpha value is -2.72. The van der Waals surface area contributed by atoms with Crippen LogP contribution in [0.15, 0.2) is 22.6 Å². The fraction of sp³-hybridized carbons (Fsp3) is 0.474. The Labute approximate surface area is 190 Å². The minimum atomic E-state index is -4.78. The molecule has 1 heterocycles. The predicted molar refractivity (Wildman–Crippen MR) is 119 cm³/mol. The van der Waals surface area contributed by atoms with E-state index in [0.717, 1.165) is 23.4 Å². The van der Waals surface area contributed by atoms with E-state index in [9.17, 15) is 26.4 Å². The van der Waals surface area contributed by atoms with Crippen LogP contribution in [0.1, 0.15) is 25.8 Å². The van der Waals surface area contributed by atoms with Gasteiger partial charge >= 0.3 is 6.18 Å². The van der Waals surface area contributed by atoms with Crippen LogP contribution in [0.3, 0.4) is 0 Å². The monoisotopic (exact) mass is 489 g/mol. The van der Waals surface area contributed by atoms with Gasteiger partial charge in [-0.1, -0.05) is 6.07 Å². The molecule has 1 aromatic rings. The van der Waals surface area contributed by atoms with Gasteiger partial charge in [-0.05, 0) is 44.6 Å². The van der Waals surface area contributed by atoms with E-state index in [4.69, 9.17) is 18.8 Å². The van der Waals surface area contributed by atoms with Crippen LogP contribution < -0.4 is 4.90 Å². The number of nitrogens with zero attached hydrogens (tertiary/aromatic N) is 5. The van der Waals surface area contributed by atoms with Crippen LogP contribution in [0.2, 0.25) is 0 Å². The van der Waals surface area contributed by atoms with Crippen molar-refractivity contribution < 1.29 is 26.4 Å². The highest BCUT2D eigenvalue weighted by atomic mass is 32.2. The predicted octanol–water partition coefficient (Wildman–Crippen LogP) is 3.28. The molecule has 174 valence electrons. The van der Waals surface area contributed by atoms with Crippen LogP contribution in [0, 0.1) is 6.57 Å². The van der Waals surface area contributed by atoms with E-state index in [1.165, 1.54) is 15.9 Å². The summed E-state index contributed by atoms with van der Waals surface area (Å²) in [4.78, 5) is 19.8. The van der Waals surface area contributed by atoms with Crippen molar-refractivity contribution in [2.24, 2.45) is 4.40 Å². The largest absolute Gasteiger partial charge is 0.407 e. The molecule has 1 aromatic carbocycles. The first-order chi connectivity index (χ1) is 14.6. The normalized spacial score (nSPS) is 16.7. The van der Waals surface area contributed by atoms with Crippen LogP contribution in [-0.2, 0) is 21.0 Å². The number of carbonyl (C=O) groups is 1. The highest BCUT2D eigenvalue weighted by molar-refractivity contribution is 7.90. The van der Waals surface area contributed by atoms with E-state index in [1.807, 2.05) is 0 Å². The van der Waals surface area contributed by atoms with Crippen molar-refractivity contribution in [3.63, 3.8) is 0 Å². The van der Waals surface area contributed by atoms with Crippen molar-refractivity contribution in [2.45, 2.75) is 32.0 Å². The van der Waals surface area contributed by atoms with Crippen molar-refractivity contribution in [3.8, 4) is 0 Å². The lowest BCUT2D eigenvalue weighted by Crippen LogP contribution is -2.44. The SMILES string of the molecule is [C-]#[N+]c1ccc(N2C(=O)C(C)(C)N(CCCS(=O)(=O)N=CN(C)C)C2=S)cc1C(F)(F)F. The molecule has 13 heteroatoms. The number of hydrogen-bond donors (Lipinski definition) is 0. The Bertz CT molecular complexity index is 1090. The third-order valence-corrected chi connectivity index (χ3v) is 6.33. The molecule has 32 heavy (non-hydrogen) atoms. The van der Waals surface area contributed by atoms with Gasteiger partial charge in [-0.3, -0.25) is 9.69 Å². The molecular weight excluding hydrogens is 467 g/mol. The van der Waals surface area contributed by atoms with E-state index in [-0.39, 0.29) is 29.5 Å². The van der Waals surface area contributed by atoms with E-state index >= 15 is 0 Å². The molecule has 8 nitrogen and oxygen atoms in total. The van der Waals surface area contributed by atoms with Crippen molar-refractivity contribution in [2.75, 3.05) is 31.3 Å². The van der Waals surface area contributed by atoms with Gasteiger partial charge in [0.2, 0.25) is 0 Å². The van der Waals surface area contributed by atoms with Gasteiger partial charge in [-0.2, -0.15) is 17.6 Å². The Morgan fingerprint density at radius 1 is 1.31 bits per heavy atom. The van der Waals surface area contributed by atoms with Crippen LogP contribution in [0.25, 0.3) is 4.85 Å². The molecule has 0 unspecified atom stereocenters. The summed E-state index contributed by atoms with van der Waals surface area (Å²) in [5.74, 6) is -0.849. The molecule has 0 aliphatic carbocycles. The van der Waals surface area contributed by atoms with Crippen LogP contribution in [-0.4, -0.2) is 67.5 Å². The first-order valence-electron chi connectivity index (χ1n) is 9.31. The van der Waals surface area contributed by atoms with Crippen molar-refractivity contribution in [1.29, 1.82) is 0 Å². The van der Waals surface area contributed by atoms with Crippen molar-refractivity contribution in [3.05, 3.63) is 35.2 Å². The maximum Gasteiger partial charge on any atom is 0.407 e. The number of rotatable bonds is 7. The summed E-state index contributed by atoms with van der Waals surface area (Å²) >= 11 is 5.36. The smallest absolute Gasteiger partial charge is 0.368 e. The van der Waals surface area contributed by atoms with Crippen molar-refractivity contribution in [1.82, 2.24) is 9.80 Å². The minimum Gasteiger partial charge on any atom is -0.368 e. The van der Waals surface area contributed by atoms with Gasteiger partial charge in [0.25, 0.3) is 15.9 Å². The zero-order valence-electron chi connectivity index (χ0n) is 17.8. The molecular formula is C19H22F3N5O3S2. The number of hydrogen-bond acceptors (Lipinski definition) is 4. The number of carbonyl (C=O) groups excluding carboxylic acids is 1. The molecule has 0 atom stereocenters. The highest BCUT2D eigenvalue weighted by Crippen LogP contribution is 2.40. The Morgan fingerprint density at radius 2 is 1.94 bits per heavy atom. The van der Waals surface area contributed by atoms with E-state index < -0.39 is 38.9 Å². The topological polar surface area (TPSA) is 77.6 Å². The number of benzene rings is 1. The van der Waals surface area contributed by atoms with E-state index in [2.05, 4.69) is 9.24 Å². The number of sulfonamides is 1. The van der Waals surface area contributed by atoms with Gasteiger partial charge in [0.15, 0.2) is 10.8 Å². The summed E-state index contributed by atoms with van der Waals surface area (Å²) in [6.45, 7) is 10.1. The summed E-state index contributed by atoms with van der Waals surface area (Å²) in [5.41, 5.74) is -3.07. The lowest BCUT2D eigenvalue weighted by molar-refractivity contribution is -0.136. The summed E-state index contributed by atoms with van der Waals surface area (Å²) in [6, 6.07) is 2.94. The molecule has 1 aliphatic rings. The number of thiocarbonyl (C=S) groups is 1. The lowest BCUT2D eigenvalue weighted by atomic mass is 10.0. The Kier molecular flexibility index (Phi) is 7.21. The number of alkyl halides is 3. The van der Waals surface area contributed by atoms with E-state index in [0.29, 0.717) is 0 Å². The molecule has 0 spiro atoms. The molecule has 1 aliphatic heterocycles. The fourth-order valence-corrected chi connectivity index (χ4v) is 4.49. The fourth-order valence-electron chi connectivity index (χ4n) is 3.05. The van der Waals surface area contributed by atoms with Crippen LogP contribution in [0.5, 0.6) is 0 Å². The summed E-state index contributed by atoms with van der Waals surface area (Å²) in [5, 5.41) is -0.0436. The zero-order valence-corrected chi connectivity index (χ0v) is 19.5. The molecule has 0 bridgehead atoms. The van der Waals surface area contributed by atoms with Gasteiger partial charge in [-0.15, -0.1) is 0 Å². The lowest BCUT2D eigenvalue weighted by Gasteiger charge is -2.29. The van der Waals surface area contributed by atoms with Crippen molar-refractivity contribution >= 4 is 51.0 Å². The number of halogens is 3. The third-order valence-electron chi connectivity index (χ3n) is 4.71. The van der Waals surface area contributed by atoms with Crippen LogP contribution >= 0.6 is 12.2 Å². The first kappa shape index (κ1) is 25.5. The van der Waals surface area contributed by atoms with Gasteiger partial charge in [0, 0.05) is 26.3 Å². The number of anilines is 1. The Balaban J connectivity index is 2.29. The van der Waals surface area contributed by atoms with Gasteiger partial charge < -0.3 is 9.80 Å². The minimum absolute atomic E-state index is 0.0436. The molecule has 1 amide bonds. The molecule has 0 saturated carbocycles. The molecule has 0 aromatic heterocycles. The molecule has 0 radical (unpaired) electrons. The second kappa shape index (κ2) is 9.03. The molecule has 0 N–H and O–H groups in total. The first-order valence-corrected chi connectivity index (χ1v) is 11.3. The summed E-state index contributed by atoms with van der Waals surface area (Å²) in [6.07, 6.45) is -3.52. The van der Waals surface area contributed by atoms with Gasteiger partial charge in [-0.25, -0.2) is 13.3 Å².